The van der Waals surface area contributed by atoms with Crippen LogP contribution in [0.4, 0.5) is 0 Å². The average molecular weight is 1030 g/mol. The predicted octanol–water partition coefficient (Wildman–Crippen LogP) is 6.55. The maximum atomic E-state index is 13.5. The van der Waals surface area contributed by atoms with E-state index in [0.717, 1.165) is 47.9 Å². The minimum atomic E-state index is -1.45. The highest BCUT2D eigenvalue weighted by atomic mass is 16.7. The van der Waals surface area contributed by atoms with Gasteiger partial charge in [0.15, 0.2) is 6.29 Å². The molecule has 0 bridgehead atoms. The van der Waals surface area contributed by atoms with Gasteiger partial charge in [-0.15, -0.1) is 0 Å². The van der Waals surface area contributed by atoms with E-state index in [4.69, 9.17) is 28.4 Å². The van der Waals surface area contributed by atoms with Gasteiger partial charge >= 0.3 is 0 Å². The second kappa shape index (κ2) is 35.4. The van der Waals surface area contributed by atoms with Crippen LogP contribution in [-0.2, 0) is 59.6 Å². The Balaban J connectivity index is 1.21. The van der Waals surface area contributed by atoms with Crippen LogP contribution in [0.5, 0.6) is 0 Å². The highest BCUT2D eigenvalue weighted by molar-refractivity contribution is 5.94. The van der Waals surface area contributed by atoms with E-state index in [2.05, 4.69) is 136 Å². The molecule has 10 nitrogen and oxygen atoms in total. The van der Waals surface area contributed by atoms with Crippen molar-refractivity contribution in [1.29, 1.82) is 0 Å². The summed E-state index contributed by atoms with van der Waals surface area (Å²) >= 11 is 0. The minimum Gasteiger partial charge on any atom is -0.390 e. The van der Waals surface area contributed by atoms with E-state index in [1.807, 2.05) is 121 Å². The van der Waals surface area contributed by atoms with Crippen LogP contribution in [0.3, 0.4) is 0 Å². The Hall–Kier alpha value is -8.81. The molecule has 3 N–H and O–H groups in total. The molecule has 0 spiro atoms. The molecule has 2 aliphatic rings. The van der Waals surface area contributed by atoms with E-state index in [1.165, 1.54) is 0 Å². The monoisotopic (exact) mass is 1030 g/mol. The van der Waals surface area contributed by atoms with E-state index in [9.17, 15) is 15.0 Å². The zero-order valence-electron chi connectivity index (χ0n) is 43.3. The molecule has 1 aliphatic carbocycles. The smallest absolute Gasteiger partial charge is 0.297 e. The van der Waals surface area contributed by atoms with Gasteiger partial charge in [0, 0.05) is 29.6 Å². The molecule has 1 saturated carbocycles. The van der Waals surface area contributed by atoms with Crippen molar-refractivity contribution in [3.05, 3.63) is 144 Å². The number of aliphatic hydroxyl groups is 2. The first kappa shape index (κ1) is 58.5. The lowest BCUT2D eigenvalue weighted by atomic mass is 9.94. The predicted molar refractivity (Wildman–Crippen MR) is 297 cm³/mol. The molecule has 0 radical (unpaired) electrons. The molecule has 1 aliphatic heterocycles. The van der Waals surface area contributed by atoms with Crippen LogP contribution in [0, 0.1) is 136 Å². The van der Waals surface area contributed by atoms with E-state index in [-0.39, 0.29) is 39.0 Å². The van der Waals surface area contributed by atoms with Gasteiger partial charge in [-0.25, -0.2) is 0 Å². The summed E-state index contributed by atoms with van der Waals surface area (Å²) < 4.78 is 40.3. The maximum absolute atomic E-state index is 13.5. The van der Waals surface area contributed by atoms with Gasteiger partial charge < -0.3 is 44.0 Å². The van der Waals surface area contributed by atoms with Crippen LogP contribution >= 0.6 is 0 Å². The first-order valence-corrected chi connectivity index (χ1v) is 25.4. The summed E-state index contributed by atoms with van der Waals surface area (Å²) in [5.41, 5.74) is 3.75. The molecule has 10 heteroatoms. The third kappa shape index (κ3) is 22.2. The molecule has 6 rings (SSSR count). The zero-order valence-corrected chi connectivity index (χ0v) is 43.3. The highest BCUT2D eigenvalue weighted by Crippen LogP contribution is 2.33. The van der Waals surface area contributed by atoms with Crippen molar-refractivity contribution in [3.8, 4) is 130 Å². The second-order valence-electron chi connectivity index (χ2n) is 17.6. The number of ether oxygens (including phenoxy) is 6. The van der Waals surface area contributed by atoms with Crippen LogP contribution < -0.4 is 5.32 Å². The number of benzene rings is 4. The van der Waals surface area contributed by atoms with Crippen molar-refractivity contribution in [2.24, 2.45) is 5.92 Å². The standard InChI is InChI=1S/C68H57NO9/c1-2-3-4-5-6-7-8-9-10-11-12-13-14-15-16-17-18-19-20-21-34-47-63(71)69-60(64(72)61(70)48-55-37-35-36-38-55)53-77-68-67(76-52-59-45-32-25-33-46-59)66(75-51-58-43-30-24-31-44-58)65(74-50-57-41-28-23-29-42-57)62(78-68)54-73-49-56-39-26-22-27-40-56/h22-33,39-46,55,60-62,64-68,70,72H,35-38,48-54H2,1H3,(H,69,71)/t60-,61+,62?,64-,65?,66?,67?,68?/m0/s1. The zero-order chi connectivity index (χ0) is 54.5. The maximum Gasteiger partial charge on any atom is 0.297 e. The second-order valence-corrected chi connectivity index (χ2v) is 17.6. The lowest BCUT2D eigenvalue weighted by Crippen LogP contribution is -2.62. The summed E-state index contributed by atoms with van der Waals surface area (Å²) in [6, 6.07) is 38.0. The lowest BCUT2D eigenvalue weighted by molar-refractivity contribution is -0.330. The first-order chi connectivity index (χ1) is 38.5. The van der Waals surface area contributed by atoms with Crippen LogP contribution in [-0.4, -0.2) is 78.3 Å². The largest absolute Gasteiger partial charge is 0.390 e. The van der Waals surface area contributed by atoms with Gasteiger partial charge in [-0.2, -0.15) is 0 Å². The van der Waals surface area contributed by atoms with E-state index in [1.54, 1.807) is 6.92 Å². The number of hydrogen-bond donors (Lipinski definition) is 3. The number of amides is 1. The Bertz CT molecular complexity index is 3280. The minimum absolute atomic E-state index is 0.0865. The Morgan fingerprint density at radius 1 is 0.526 bits per heavy atom. The van der Waals surface area contributed by atoms with Gasteiger partial charge in [-0.1, -0.05) is 153 Å². The third-order valence-electron chi connectivity index (χ3n) is 11.9. The Morgan fingerprint density at radius 2 is 0.923 bits per heavy atom. The number of aliphatic hydroxyl groups excluding tert-OH is 2. The normalized spacial score (nSPS) is 17.7. The fraction of sp³-hybridized carbons (Fsp3) is 0.309. The molecule has 1 heterocycles. The SMILES string of the molecule is CC#CC#CC#CC#CC#CC#CC#CC#CC#CC#CC#CC(=O)N[C@@H](COC1OC(COCc2ccccc2)C(OCc2ccccc2)C(OCc2ccccc2)C1OCc1ccccc1)[C@H](O)[C@H](O)CC1CCCC1. The third-order valence-corrected chi connectivity index (χ3v) is 11.9. The molecule has 78 heavy (non-hydrogen) atoms. The van der Waals surface area contributed by atoms with Crippen molar-refractivity contribution >= 4 is 5.91 Å². The van der Waals surface area contributed by atoms with E-state index < -0.39 is 54.9 Å². The summed E-state index contributed by atoms with van der Waals surface area (Å²) in [4.78, 5) is 13.5. The molecule has 8 atom stereocenters. The molecule has 1 saturated heterocycles. The van der Waals surface area contributed by atoms with Gasteiger partial charge in [-0.3, -0.25) is 4.79 Å². The summed E-state index contributed by atoms with van der Waals surface area (Å²) in [6.45, 7) is 2.37. The number of carbonyl (C=O) groups is 1. The quantitative estimate of drug-likeness (QED) is 0.0799. The van der Waals surface area contributed by atoms with E-state index >= 15 is 0 Å². The molecule has 5 unspecified atom stereocenters. The van der Waals surface area contributed by atoms with Crippen molar-refractivity contribution in [3.63, 3.8) is 0 Å². The fourth-order valence-electron chi connectivity index (χ4n) is 8.22. The van der Waals surface area contributed by atoms with Crippen LogP contribution in [0.15, 0.2) is 121 Å². The van der Waals surface area contributed by atoms with Crippen LogP contribution in [0.1, 0.15) is 61.3 Å². The van der Waals surface area contributed by atoms with Crippen molar-refractivity contribution in [1.82, 2.24) is 5.32 Å². The Morgan fingerprint density at radius 3 is 1.37 bits per heavy atom. The first-order valence-electron chi connectivity index (χ1n) is 25.4. The molecule has 0 aromatic heterocycles. The molecule has 388 valence electrons. The molecule has 4 aromatic carbocycles. The summed E-state index contributed by atoms with van der Waals surface area (Å²) in [5, 5.41) is 26.0. The Kier molecular flexibility index (Phi) is 26.6. The number of nitrogens with one attached hydrogen (secondary N) is 1. The topological polar surface area (TPSA) is 125 Å². The van der Waals surface area contributed by atoms with Gasteiger partial charge in [0.05, 0.1) is 51.8 Å². The van der Waals surface area contributed by atoms with Crippen LogP contribution in [0.25, 0.3) is 0 Å². The summed E-state index contributed by atoms with van der Waals surface area (Å²) in [6.07, 6.45) is -2.67. The van der Waals surface area contributed by atoms with Crippen molar-refractivity contribution in [2.45, 2.75) is 114 Å². The summed E-state index contributed by atoms with van der Waals surface area (Å²) in [5.74, 6) is 55.1. The van der Waals surface area contributed by atoms with Gasteiger partial charge in [0.1, 0.15) is 30.5 Å². The highest BCUT2D eigenvalue weighted by Gasteiger charge is 2.49. The van der Waals surface area contributed by atoms with E-state index in [0.29, 0.717) is 13.0 Å². The van der Waals surface area contributed by atoms with Crippen molar-refractivity contribution < 1.29 is 43.4 Å². The summed E-state index contributed by atoms with van der Waals surface area (Å²) in [7, 11) is 0. The number of rotatable bonds is 21. The Labute approximate surface area is 460 Å². The molecule has 2 fully saturated rings. The molecule has 4 aromatic rings. The average Bonchev–Trinajstić information content (AvgIpc) is 4.01. The number of carbonyl (C=O) groups excluding carboxylic acids is 1. The molecular formula is C68H57NO9. The molecule has 1 amide bonds. The van der Waals surface area contributed by atoms with Crippen molar-refractivity contribution in [2.75, 3.05) is 13.2 Å². The van der Waals surface area contributed by atoms with Crippen LogP contribution in [0.2, 0.25) is 0 Å². The number of hydrogen-bond acceptors (Lipinski definition) is 9. The van der Waals surface area contributed by atoms with Gasteiger partial charge in [0.25, 0.3) is 5.91 Å². The van der Waals surface area contributed by atoms with Gasteiger partial charge in [0.2, 0.25) is 0 Å². The fourth-order valence-corrected chi connectivity index (χ4v) is 8.22. The molecular weight excluding hydrogens is 975 g/mol. The van der Waals surface area contributed by atoms with Gasteiger partial charge in [-0.05, 0) is 136 Å². The lowest BCUT2D eigenvalue weighted by Gasteiger charge is -2.46.